The minimum Gasteiger partial charge on any atom is -0.469 e. The standard InChI is InChI=1S/C15H18N2O5/c1-16-11-5-4-9(14(19)21-2)6-12(11)17-8-10(7-13(17)18)15(20)22-3/h4-6,10,16H,7-8H2,1-3H3. The van der Waals surface area contributed by atoms with Gasteiger partial charge in [-0.15, -0.1) is 0 Å². The summed E-state index contributed by atoms with van der Waals surface area (Å²) in [6.45, 7) is 0.227. The number of nitrogens with zero attached hydrogens (tertiary/aromatic N) is 1. The van der Waals surface area contributed by atoms with E-state index in [4.69, 9.17) is 9.47 Å². The van der Waals surface area contributed by atoms with Gasteiger partial charge in [0.1, 0.15) is 0 Å². The number of benzene rings is 1. The van der Waals surface area contributed by atoms with Gasteiger partial charge in [0.05, 0.1) is 37.1 Å². The third-order valence-electron chi connectivity index (χ3n) is 3.64. The van der Waals surface area contributed by atoms with Crippen molar-refractivity contribution in [2.75, 3.05) is 38.0 Å². The lowest BCUT2D eigenvalue weighted by Crippen LogP contribution is -2.27. The second-order valence-corrected chi connectivity index (χ2v) is 4.90. The van der Waals surface area contributed by atoms with Gasteiger partial charge in [-0.1, -0.05) is 0 Å². The van der Waals surface area contributed by atoms with Gasteiger partial charge in [-0.25, -0.2) is 4.79 Å². The molecule has 7 heteroatoms. The van der Waals surface area contributed by atoms with Crippen molar-refractivity contribution >= 4 is 29.2 Å². The Morgan fingerprint density at radius 1 is 1.27 bits per heavy atom. The molecule has 22 heavy (non-hydrogen) atoms. The number of carbonyl (C=O) groups excluding carboxylic acids is 3. The van der Waals surface area contributed by atoms with Crippen LogP contribution in [0.1, 0.15) is 16.8 Å². The van der Waals surface area contributed by atoms with Crippen molar-refractivity contribution in [3.8, 4) is 0 Å². The zero-order valence-corrected chi connectivity index (χ0v) is 12.7. The smallest absolute Gasteiger partial charge is 0.337 e. The second-order valence-electron chi connectivity index (χ2n) is 4.90. The first kappa shape index (κ1) is 15.8. The SMILES string of the molecule is CNc1ccc(C(=O)OC)cc1N1CC(C(=O)OC)CC1=O. The highest BCUT2D eigenvalue weighted by molar-refractivity contribution is 6.03. The number of hydrogen-bond donors (Lipinski definition) is 1. The van der Waals surface area contributed by atoms with E-state index in [2.05, 4.69) is 5.32 Å². The lowest BCUT2D eigenvalue weighted by molar-refractivity contribution is -0.145. The van der Waals surface area contributed by atoms with E-state index >= 15 is 0 Å². The monoisotopic (exact) mass is 306 g/mol. The average molecular weight is 306 g/mol. The fourth-order valence-corrected chi connectivity index (χ4v) is 2.48. The van der Waals surface area contributed by atoms with Crippen molar-refractivity contribution < 1.29 is 23.9 Å². The number of nitrogens with one attached hydrogen (secondary N) is 1. The molecule has 7 nitrogen and oxygen atoms in total. The summed E-state index contributed by atoms with van der Waals surface area (Å²) in [5.41, 5.74) is 1.57. The molecule has 1 atom stereocenters. The van der Waals surface area contributed by atoms with Crippen LogP contribution in [0.5, 0.6) is 0 Å². The van der Waals surface area contributed by atoms with E-state index in [-0.39, 0.29) is 18.9 Å². The van der Waals surface area contributed by atoms with Gasteiger partial charge >= 0.3 is 11.9 Å². The second kappa shape index (κ2) is 6.46. The molecule has 2 rings (SSSR count). The van der Waals surface area contributed by atoms with Gasteiger partial charge in [0.25, 0.3) is 0 Å². The van der Waals surface area contributed by atoms with Crippen molar-refractivity contribution in [3.63, 3.8) is 0 Å². The topological polar surface area (TPSA) is 84.9 Å². The molecule has 0 saturated carbocycles. The molecule has 0 aliphatic carbocycles. The van der Waals surface area contributed by atoms with Crippen molar-refractivity contribution in [1.29, 1.82) is 0 Å². The number of rotatable bonds is 4. The predicted octanol–water partition coefficient (Wildman–Crippen LogP) is 1.04. The third-order valence-corrected chi connectivity index (χ3v) is 3.64. The molecule has 1 saturated heterocycles. The summed E-state index contributed by atoms with van der Waals surface area (Å²) in [6, 6.07) is 4.88. The Hall–Kier alpha value is -2.57. The molecule has 1 aromatic carbocycles. The molecule has 1 unspecified atom stereocenters. The van der Waals surface area contributed by atoms with E-state index in [0.717, 1.165) is 0 Å². The Morgan fingerprint density at radius 3 is 2.59 bits per heavy atom. The van der Waals surface area contributed by atoms with E-state index in [9.17, 15) is 14.4 Å². The van der Waals surface area contributed by atoms with Gasteiger partial charge in [0.2, 0.25) is 5.91 Å². The summed E-state index contributed by atoms with van der Waals surface area (Å²) in [7, 11) is 4.31. The molecule has 118 valence electrons. The quantitative estimate of drug-likeness (QED) is 0.837. The minimum atomic E-state index is -0.496. The Labute approximate surface area is 128 Å². The van der Waals surface area contributed by atoms with Gasteiger partial charge in [0, 0.05) is 20.0 Å². The number of amides is 1. The molecule has 0 aromatic heterocycles. The van der Waals surface area contributed by atoms with Crippen LogP contribution in [0.3, 0.4) is 0 Å². The number of hydrogen-bond acceptors (Lipinski definition) is 6. The van der Waals surface area contributed by atoms with Crippen LogP contribution in [0, 0.1) is 5.92 Å². The number of methoxy groups -OCH3 is 2. The Morgan fingerprint density at radius 2 is 2.00 bits per heavy atom. The average Bonchev–Trinajstić information content (AvgIpc) is 2.94. The summed E-state index contributed by atoms with van der Waals surface area (Å²) in [5.74, 6) is -1.58. The van der Waals surface area contributed by atoms with Crippen LogP contribution in [0.15, 0.2) is 18.2 Å². The van der Waals surface area contributed by atoms with E-state index < -0.39 is 17.9 Å². The molecule has 0 bridgehead atoms. The first-order valence-corrected chi connectivity index (χ1v) is 6.80. The fourth-order valence-electron chi connectivity index (χ4n) is 2.48. The van der Waals surface area contributed by atoms with Crippen LogP contribution in [0.2, 0.25) is 0 Å². The van der Waals surface area contributed by atoms with Gasteiger partial charge in [-0.3, -0.25) is 9.59 Å². The number of anilines is 2. The number of ether oxygens (including phenoxy) is 2. The maximum Gasteiger partial charge on any atom is 0.337 e. The van der Waals surface area contributed by atoms with E-state index in [1.807, 2.05) is 0 Å². The maximum atomic E-state index is 12.2. The zero-order valence-electron chi connectivity index (χ0n) is 12.7. The molecule has 1 amide bonds. The molecule has 1 fully saturated rings. The van der Waals surface area contributed by atoms with Gasteiger partial charge in [-0.05, 0) is 18.2 Å². The van der Waals surface area contributed by atoms with Crippen molar-refractivity contribution in [1.82, 2.24) is 0 Å². The van der Waals surface area contributed by atoms with Gasteiger partial charge < -0.3 is 19.7 Å². The summed E-state index contributed by atoms with van der Waals surface area (Å²) < 4.78 is 9.39. The highest BCUT2D eigenvalue weighted by atomic mass is 16.5. The fraction of sp³-hybridized carbons (Fsp3) is 0.400. The molecule has 1 N–H and O–H groups in total. The summed E-state index contributed by atoms with van der Waals surface area (Å²) in [4.78, 5) is 37.0. The Kier molecular flexibility index (Phi) is 4.65. The van der Waals surface area contributed by atoms with Crippen molar-refractivity contribution in [3.05, 3.63) is 23.8 Å². The Bertz CT molecular complexity index is 614. The molecular formula is C15H18N2O5. The van der Waals surface area contributed by atoms with Crippen molar-refractivity contribution in [2.24, 2.45) is 5.92 Å². The summed E-state index contributed by atoms with van der Waals surface area (Å²) >= 11 is 0. The molecule has 1 aliphatic heterocycles. The van der Waals surface area contributed by atoms with E-state index in [1.54, 1.807) is 25.2 Å². The predicted molar refractivity (Wildman–Crippen MR) is 79.8 cm³/mol. The largest absolute Gasteiger partial charge is 0.469 e. The van der Waals surface area contributed by atoms with Gasteiger partial charge in [-0.2, -0.15) is 0 Å². The number of carbonyl (C=O) groups is 3. The van der Waals surface area contributed by atoms with Crippen LogP contribution in [-0.2, 0) is 19.1 Å². The number of esters is 2. The van der Waals surface area contributed by atoms with E-state index in [0.29, 0.717) is 16.9 Å². The minimum absolute atomic E-state index is 0.0955. The van der Waals surface area contributed by atoms with Gasteiger partial charge in [0.15, 0.2) is 0 Å². The lowest BCUT2D eigenvalue weighted by Gasteiger charge is -2.20. The van der Waals surface area contributed by atoms with Crippen LogP contribution >= 0.6 is 0 Å². The first-order valence-electron chi connectivity index (χ1n) is 6.80. The van der Waals surface area contributed by atoms with Crippen LogP contribution < -0.4 is 10.2 Å². The molecule has 0 radical (unpaired) electrons. The third kappa shape index (κ3) is 2.88. The van der Waals surface area contributed by atoms with Crippen LogP contribution in [0.4, 0.5) is 11.4 Å². The van der Waals surface area contributed by atoms with E-state index in [1.165, 1.54) is 19.1 Å². The molecule has 1 aromatic rings. The molecule has 1 aliphatic rings. The molecular weight excluding hydrogens is 288 g/mol. The highest BCUT2D eigenvalue weighted by Gasteiger charge is 2.36. The summed E-state index contributed by atoms with van der Waals surface area (Å²) in [6.07, 6.45) is 0.0955. The lowest BCUT2D eigenvalue weighted by atomic mass is 10.1. The molecule has 1 heterocycles. The molecule has 0 spiro atoms. The maximum absolute atomic E-state index is 12.2. The first-order chi connectivity index (χ1) is 10.5. The van der Waals surface area contributed by atoms with Crippen LogP contribution in [0.25, 0.3) is 0 Å². The summed E-state index contributed by atoms with van der Waals surface area (Å²) in [5, 5.41) is 2.97. The van der Waals surface area contributed by atoms with Crippen LogP contribution in [-0.4, -0.2) is 45.7 Å². The normalized spacial score (nSPS) is 17.3. The van der Waals surface area contributed by atoms with Crippen molar-refractivity contribution in [2.45, 2.75) is 6.42 Å². The highest BCUT2D eigenvalue weighted by Crippen LogP contribution is 2.32. The Balaban J connectivity index is 2.36. The zero-order chi connectivity index (χ0) is 16.3.